The van der Waals surface area contributed by atoms with Gasteiger partial charge in [-0.3, -0.25) is 0 Å². The molecule has 0 aliphatic carbocycles. The predicted octanol–water partition coefficient (Wildman–Crippen LogP) is 2.54. The van der Waals surface area contributed by atoms with E-state index in [0.29, 0.717) is 4.09 Å². The molecule has 0 aromatic heterocycles. The van der Waals surface area contributed by atoms with Crippen LogP contribution in [0.4, 0.5) is 0 Å². The molecule has 0 heterocycles. The molecule has 0 N–H and O–H groups in total. The zero-order valence-corrected chi connectivity index (χ0v) is 6.62. The van der Waals surface area contributed by atoms with Gasteiger partial charge < -0.3 is 0 Å². The summed E-state index contributed by atoms with van der Waals surface area (Å²) in [5, 5.41) is 0. The van der Waals surface area contributed by atoms with Crippen molar-refractivity contribution >= 4 is 17.7 Å². The molecular formula is C7H15Li. The quantitative estimate of drug-likeness (QED) is 0.485. The van der Waals surface area contributed by atoms with Crippen molar-refractivity contribution in [3.05, 3.63) is 0 Å². The third-order valence-electron chi connectivity index (χ3n) is 2.56. The zero-order chi connectivity index (χ0) is 6.62. The minimum atomic E-state index is 0.625. The van der Waals surface area contributed by atoms with Crippen LogP contribution in [0.2, 0.25) is 4.09 Å². The Balaban J connectivity index is 3.58. The van der Waals surface area contributed by atoms with Crippen LogP contribution >= 0.6 is 0 Å². The fourth-order valence-electron chi connectivity index (χ4n) is 0.750. The van der Waals surface area contributed by atoms with E-state index in [4.69, 9.17) is 0 Å². The molecule has 0 aliphatic heterocycles. The molecule has 0 aromatic carbocycles. The molecule has 0 bridgehead atoms. The third-order valence-corrected chi connectivity index (χ3v) is 2.56. The first-order valence-electron chi connectivity index (χ1n) is 3.68. The standard InChI is InChI=1S/C7H15.Li/c1-4-7(5-2)6-3;/h4-6H2,1-3H3;. The normalized spacial score (nSPS) is 12.1. The number of rotatable bonds is 3. The predicted molar refractivity (Wildman–Crippen MR) is 39.3 cm³/mol. The van der Waals surface area contributed by atoms with Crippen molar-refractivity contribution in [2.24, 2.45) is 0 Å². The summed E-state index contributed by atoms with van der Waals surface area (Å²) in [7, 11) is 0. The minimum absolute atomic E-state index is 0.625. The molecule has 0 unspecified atom stereocenters. The van der Waals surface area contributed by atoms with Gasteiger partial charge in [-0.2, -0.15) is 0 Å². The van der Waals surface area contributed by atoms with E-state index in [9.17, 15) is 0 Å². The Morgan fingerprint density at radius 3 is 1.25 bits per heavy atom. The van der Waals surface area contributed by atoms with Crippen LogP contribution in [0.5, 0.6) is 0 Å². The summed E-state index contributed by atoms with van der Waals surface area (Å²) >= 11 is 2.35. The SMILES string of the molecule is [Li][C](CC)(CC)CC. The second-order valence-corrected chi connectivity index (χ2v) is 2.87. The summed E-state index contributed by atoms with van der Waals surface area (Å²) in [5.41, 5.74) is 0. The molecule has 0 amide bonds. The molecule has 0 saturated heterocycles. The Morgan fingerprint density at radius 1 is 1.00 bits per heavy atom. The zero-order valence-electron chi connectivity index (χ0n) is 6.62. The van der Waals surface area contributed by atoms with E-state index < -0.39 is 0 Å². The van der Waals surface area contributed by atoms with Gasteiger partial charge >= 0.3 is 61.8 Å². The second kappa shape index (κ2) is 3.59. The van der Waals surface area contributed by atoms with Gasteiger partial charge in [-0.1, -0.05) is 0 Å². The van der Waals surface area contributed by atoms with Gasteiger partial charge in [0.1, 0.15) is 0 Å². The van der Waals surface area contributed by atoms with E-state index >= 15 is 0 Å². The molecule has 0 fully saturated rings. The van der Waals surface area contributed by atoms with Crippen LogP contribution in [0.3, 0.4) is 0 Å². The van der Waals surface area contributed by atoms with Crippen molar-refractivity contribution in [3.63, 3.8) is 0 Å². The van der Waals surface area contributed by atoms with E-state index in [1.807, 2.05) is 0 Å². The number of hydrogen-bond acceptors (Lipinski definition) is 0. The average Bonchev–Trinajstić information content (AvgIpc) is 1.87. The van der Waals surface area contributed by atoms with E-state index in [0.717, 1.165) is 0 Å². The molecule has 0 nitrogen and oxygen atoms in total. The van der Waals surface area contributed by atoms with Crippen molar-refractivity contribution in [1.29, 1.82) is 0 Å². The molecule has 0 spiro atoms. The van der Waals surface area contributed by atoms with Crippen molar-refractivity contribution < 1.29 is 0 Å². The molecule has 8 heavy (non-hydrogen) atoms. The Labute approximate surface area is 62.3 Å². The molecule has 0 saturated carbocycles. The average molecular weight is 106 g/mol. The summed E-state index contributed by atoms with van der Waals surface area (Å²) in [4.78, 5) is 0. The molecule has 1 heteroatoms. The van der Waals surface area contributed by atoms with Gasteiger partial charge in [0, 0.05) is 0 Å². The van der Waals surface area contributed by atoms with Gasteiger partial charge in [-0.15, -0.1) is 0 Å². The fraction of sp³-hybridized carbons (Fsp3) is 1.00. The van der Waals surface area contributed by atoms with Crippen LogP contribution in [0, 0.1) is 0 Å². The van der Waals surface area contributed by atoms with Gasteiger partial charge in [-0.05, 0) is 0 Å². The second-order valence-electron chi connectivity index (χ2n) is 2.87. The van der Waals surface area contributed by atoms with Gasteiger partial charge in [0.15, 0.2) is 0 Å². The van der Waals surface area contributed by atoms with Gasteiger partial charge in [0.05, 0.1) is 0 Å². The van der Waals surface area contributed by atoms with Crippen molar-refractivity contribution in [1.82, 2.24) is 0 Å². The van der Waals surface area contributed by atoms with Crippen LogP contribution in [0.15, 0.2) is 0 Å². The van der Waals surface area contributed by atoms with Crippen molar-refractivity contribution in [2.45, 2.75) is 44.1 Å². The number of hydrogen-bond donors (Lipinski definition) is 0. The summed E-state index contributed by atoms with van der Waals surface area (Å²) < 4.78 is 0.625. The van der Waals surface area contributed by atoms with Gasteiger partial charge in [0.25, 0.3) is 0 Å². The van der Waals surface area contributed by atoms with Crippen LogP contribution in [-0.2, 0) is 0 Å². The summed E-state index contributed by atoms with van der Waals surface area (Å²) in [6.45, 7) is 6.81. The van der Waals surface area contributed by atoms with Crippen molar-refractivity contribution in [3.8, 4) is 0 Å². The third kappa shape index (κ3) is 2.24. The molecule has 0 atom stereocenters. The van der Waals surface area contributed by atoms with Crippen LogP contribution in [0.1, 0.15) is 40.0 Å². The monoisotopic (exact) mass is 106 g/mol. The molecular weight excluding hydrogens is 91.0 g/mol. The Morgan fingerprint density at radius 2 is 1.25 bits per heavy atom. The van der Waals surface area contributed by atoms with E-state index in [2.05, 4.69) is 38.5 Å². The van der Waals surface area contributed by atoms with E-state index in [1.165, 1.54) is 19.3 Å². The van der Waals surface area contributed by atoms with E-state index in [-0.39, 0.29) is 0 Å². The maximum atomic E-state index is 2.35. The fourth-order valence-corrected chi connectivity index (χ4v) is 0.750. The van der Waals surface area contributed by atoms with Crippen LogP contribution < -0.4 is 0 Å². The Bertz CT molecular complexity index is 47.1. The first-order valence-corrected chi connectivity index (χ1v) is 3.68. The summed E-state index contributed by atoms with van der Waals surface area (Å²) in [5.74, 6) is 0. The van der Waals surface area contributed by atoms with Crippen LogP contribution in [-0.4, -0.2) is 17.7 Å². The van der Waals surface area contributed by atoms with Crippen LogP contribution in [0.25, 0.3) is 0 Å². The van der Waals surface area contributed by atoms with Gasteiger partial charge in [-0.25, -0.2) is 0 Å². The summed E-state index contributed by atoms with van der Waals surface area (Å²) in [6, 6.07) is 0. The maximum absolute atomic E-state index is 2.35. The Kier molecular flexibility index (Phi) is 3.86. The molecule has 0 aliphatic rings. The molecule has 0 aromatic rings. The first kappa shape index (κ1) is 8.60. The Hall–Kier alpha value is 0.597. The first-order chi connectivity index (χ1) is 3.68. The molecule has 0 rings (SSSR count). The van der Waals surface area contributed by atoms with Crippen molar-refractivity contribution in [2.75, 3.05) is 0 Å². The van der Waals surface area contributed by atoms with E-state index in [1.54, 1.807) is 0 Å². The molecule has 0 radical (unpaired) electrons. The van der Waals surface area contributed by atoms with Gasteiger partial charge in [0.2, 0.25) is 0 Å². The topological polar surface area (TPSA) is 0 Å². The molecule has 44 valence electrons. The summed E-state index contributed by atoms with van der Waals surface area (Å²) in [6.07, 6.45) is 3.96.